The molecule has 0 spiro atoms. The summed E-state index contributed by atoms with van der Waals surface area (Å²) in [7, 11) is 2.18. The minimum Gasteiger partial charge on any atom is -0.463 e. The molecule has 3 N–H and O–H groups in total. The van der Waals surface area contributed by atoms with Gasteiger partial charge in [-0.1, -0.05) is 0 Å². The van der Waals surface area contributed by atoms with Gasteiger partial charge in [0.25, 0.3) is 0 Å². The van der Waals surface area contributed by atoms with Crippen LogP contribution in [0, 0.1) is 19.8 Å². The van der Waals surface area contributed by atoms with Crippen LogP contribution >= 0.6 is 0 Å². The van der Waals surface area contributed by atoms with Crippen molar-refractivity contribution in [3.8, 4) is 6.01 Å². The number of fused-ring (bicyclic) bond motifs is 2. The summed E-state index contributed by atoms with van der Waals surface area (Å²) in [5.41, 5.74) is 7.19. The van der Waals surface area contributed by atoms with Gasteiger partial charge in [-0.05, 0) is 64.4 Å². The Morgan fingerprint density at radius 2 is 1.89 bits per heavy atom. The van der Waals surface area contributed by atoms with Crippen LogP contribution in [0.2, 0.25) is 0 Å². The maximum absolute atomic E-state index is 12.2. The lowest BCUT2D eigenvalue weighted by atomic mass is 10.0. The van der Waals surface area contributed by atoms with E-state index in [4.69, 9.17) is 14.7 Å². The van der Waals surface area contributed by atoms with E-state index in [1.807, 2.05) is 6.07 Å². The summed E-state index contributed by atoms with van der Waals surface area (Å²) in [6.07, 6.45) is 1.99. The third-order valence-electron chi connectivity index (χ3n) is 8.71. The van der Waals surface area contributed by atoms with Crippen molar-refractivity contribution in [1.29, 1.82) is 0 Å². The summed E-state index contributed by atoms with van der Waals surface area (Å²) in [6.45, 7) is 13.5. The third kappa shape index (κ3) is 4.46. The van der Waals surface area contributed by atoms with Gasteiger partial charge in [0.2, 0.25) is 0 Å². The maximum atomic E-state index is 12.2. The molecule has 10 nitrogen and oxygen atoms in total. The Morgan fingerprint density at radius 3 is 2.65 bits per heavy atom. The van der Waals surface area contributed by atoms with E-state index < -0.39 is 0 Å². The summed E-state index contributed by atoms with van der Waals surface area (Å²) in [6, 6.07) is 3.02. The van der Waals surface area contributed by atoms with Crippen molar-refractivity contribution >= 4 is 22.5 Å². The number of aromatic nitrogens is 4. The third-order valence-corrected chi connectivity index (χ3v) is 8.71. The van der Waals surface area contributed by atoms with Gasteiger partial charge in [-0.15, -0.1) is 0 Å². The number of anilines is 2. The van der Waals surface area contributed by atoms with E-state index in [0.29, 0.717) is 31.1 Å². The Kier molecular flexibility index (Phi) is 6.32. The van der Waals surface area contributed by atoms with Gasteiger partial charge < -0.3 is 34.7 Å². The molecule has 0 radical (unpaired) electrons. The molecule has 1 aromatic carbocycles. The highest BCUT2D eigenvalue weighted by molar-refractivity contribution is 5.91. The number of imidazole rings is 1. The van der Waals surface area contributed by atoms with E-state index in [1.165, 1.54) is 11.1 Å². The van der Waals surface area contributed by atoms with Crippen molar-refractivity contribution in [1.82, 2.24) is 30.2 Å². The van der Waals surface area contributed by atoms with E-state index >= 15 is 0 Å². The topological polar surface area (TPSA) is 105 Å². The van der Waals surface area contributed by atoms with Gasteiger partial charge in [-0.25, -0.2) is 4.79 Å². The second-order valence-electron chi connectivity index (χ2n) is 10.9. The van der Waals surface area contributed by atoms with Gasteiger partial charge in [0, 0.05) is 50.2 Å². The zero-order chi connectivity index (χ0) is 25.7. The molecule has 2 atom stereocenters. The molecule has 0 aliphatic carbocycles. The van der Waals surface area contributed by atoms with Crippen molar-refractivity contribution in [3.63, 3.8) is 0 Å². The summed E-state index contributed by atoms with van der Waals surface area (Å²) in [4.78, 5) is 35.2. The SMILES string of the molecule is Cc1cc2[nH]c(=O)[nH]c2c(N2CCc3c(nc(OC[C@@H]4CCN(C)[C@@H]4C)nc3N3CCNCC3)C2)c1C. The van der Waals surface area contributed by atoms with Gasteiger partial charge in [-0.3, -0.25) is 0 Å². The average molecular weight is 507 g/mol. The fraction of sp³-hybridized carbons (Fsp3) is 0.593. The van der Waals surface area contributed by atoms with Crippen LogP contribution in [0.5, 0.6) is 6.01 Å². The molecular formula is C27H38N8O2. The molecule has 3 aromatic rings. The number of ether oxygens (including phenoxy) is 1. The summed E-state index contributed by atoms with van der Waals surface area (Å²) in [5, 5.41) is 3.45. The Hall–Kier alpha value is -3.11. The fourth-order valence-electron chi connectivity index (χ4n) is 6.15. The molecule has 0 saturated carbocycles. The van der Waals surface area contributed by atoms with Gasteiger partial charge in [0.15, 0.2) is 0 Å². The smallest absolute Gasteiger partial charge is 0.323 e. The number of aromatic amines is 2. The first-order valence-electron chi connectivity index (χ1n) is 13.5. The van der Waals surface area contributed by atoms with Crippen LogP contribution < -0.4 is 25.5 Å². The normalized spacial score (nSPS) is 22.6. The van der Waals surface area contributed by atoms with Gasteiger partial charge in [0.05, 0.1) is 35.6 Å². The fourth-order valence-corrected chi connectivity index (χ4v) is 6.15. The van der Waals surface area contributed by atoms with E-state index in [1.54, 1.807) is 0 Å². The number of nitrogens with zero attached hydrogens (tertiary/aromatic N) is 5. The molecule has 37 heavy (non-hydrogen) atoms. The van der Waals surface area contributed by atoms with E-state index in [-0.39, 0.29) is 5.69 Å². The average Bonchev–Trinajstić information content (AvgIpc) is 3.43. The van der Waals surface area contributed by atoms with Crippen LogP contribution in [0.3, 0.4) is 0 Å². The predicted molar refractivity (Wildman–Crippen MR) is 146 cm³/mol. The van der Waals surface area contributed by atoms with Crippen LogP contribution in [-0.4, -0.2) is 83.8 Å². The molecule has 2 fully saturated rings. The zero-order valence-electron chi connectivity index (χ0n) is 22.4. The van der Waals surface area contributed by atoms with Crippen molar-refractivity contribution in [2.45, 2.75) is 46.2 Å². The first-order chi connectivity index (χ1) is 17.9. The van der Waals surface area contributed by atoms with Crippen LogP contribution in [-0.2, 0) is 13.0 Å². The summed E-state index contributed by atoms with van der Waals surface area (Å²) < 4.78 is 6.30. The first-order valence-corrected chi connectivity index (χ1v) is 13.5. The Bertz CT molecular complexity index is 1360. The molecule has 5 heterocycles. The van der Waals surface area contributed by atoms with Crippen LogP contribution in [0.25, 0.3) is 11.0 Å². The molecular weight excluding hydrogens is 468 g/mol. The van der Waals surface area contributed by atoms with Gasteiger partial charge >= 0.3 is 11.7 Å². The molecule has 198 valence electrons. The first kappa shape index (κ1) is 24.2. The number of aryl methyl sites for hydroxylation is 1. The number of piperazine rings is 1. The maximum Gasteiger partial charge on any atom is 0.323 e. The minimum atomic E-state index is -0.176. The molecule has 0 amide bonds. The molecule has 2 aromatic heterocycles. The number of likely N-dealkylation sites (tertiary alicyclic amines) is 1. The standard InChI is InChI=1S/C27H38N8O2/c1-16-13-21-23(31-26(36)29-21)24(17(16)2)35-10-6-20-22(14-35)30-27(32-25(20)34-11-7-28-8-12-34)37-15-19-5-9-33(4)18(19)3/h13,18-19,28H,5-12,14-15H2,1-4H3,(H2,29,31,36)/t18-,19+/m1/s1. The second-order valence-corrected chi connectivity index (χ2v) is 10.9. The Morgan fingerprint density at radius 1 is 1.08 bits per heavy atom. The van der Waals surface area contributed by atoms with Crippen molar-refractivity contribution in [3.05, 3.63) is 38.9 Å². The monoisotopic (exact) mass is 506 g/mol. The van der Waals surface area contributed by atoms with E-state index in [0.717, 1.165) is 85.9 Å². The number of H-pyrrole nitrogens is 2. The lowest BCUT2D eigenvalue weighted by Gasteiger charge is -2.36. The number of nitrogens with one attached hydrogen (secondary N) is 3. The zero-order valence-corrected chi connectivity index (χ0v) is 22.4. The molecule has 3 aliphatic heterocycles. The van der Waals surface area contributed by atoms with Gasteiger partial charge in [-0.2, -0.15) is 9.97 Å². The van der Waals surface area contributed by atoms with E-state index in [9.17, 15) is 4.79 Å². The lowest BCUT2D eigenvalue weighted by Crippen LogP contribution is -2.45. The molecule has 6 rings (SSSR count). The summed E-state index contributed by atoms with van der Waals surface area (Å²) >= 11 is 0. The number of benzene rings is 1. The Balaban J connectivity index is 1.35. The predicted octanol–water partition coefficient (Wildman–Crippen LogP) is 1.95. The number of hydrogen-bond donors (Lipinski definition) is 3. The molecule has 10 heteroatoms. The molecule has 0 unspecified atom stereocenters. The highest BCUT2D eigenvalue weighted by Gasteiger charge is 2.31. The highest BCUT2D eigenvalue weighted by Crippen LogP contribution is 2.36. The Labute approximate surface area is 217 Å². The summed E-state index contributed by atoms with van der Waals surface area (Å²) in [5.74, 6) is 1.51. The van der Waals surface area contributed by atoms with Crippen LogP contribution in [0.4, 0.5) is 11.5 Å². The number of rotatable bonds is 5. The minimum absolute atomic E-state index is 0.176. The second kappa shape index (κ2) is 9.64. The van der Waals surface area contributed by atoms with Crippen LogP contribution in [0.1, 0.15) is 35.7 Å². The van der Waals surface area contributed by atoms with Crippen molar-refractivity contribution in [2.75, 3.05) is 62.7 Å². The van der Waals surface area contributed by atoms with Gasteiger partial charge in [0.1, 0.15) is 5.82 Å². The quantitative estimate of drug-likeness (QED) is 0.482. The number of hydrogen-bond acceptors (Lipinski definition) is 8. The lowest BCUT2D eigenvalue weighted by molar-refractivity contribution is 0.196. The van der Waals surface area contributed by atoms with Crippen LogP contribution in [0.15, 0.2) is 10.9 Å². The largest absolute Gasteiger partial charge is 0.463 e. The van der Waals surface area contributed by atoms with Crippen molar-refractivity contribution in [2.24, 2.45) is 5.92 Å². The molecule has 2 saturated heterocycles. The highest BCUT2D eigenvalue weighted by atomic mass is 16.5. The molecule has 3 aliphatic rings. The van der Waals surface area contributed by atoms with Crippen molar-refractivity contribution < 1.29 is 4.74 Å². The van der Waals surface area contributed by atoms with E-state index in [2.05, 4.69) is 57.8 Å². The molecule has 0 bridgehead atoms.